The smallest absolute Gasteiger partial charge is 0.151 e. The average Bonchev–Trinajstić information content (AvgIpc) is 2.80. The van der Waals surface area contributed by atoms with Crippen LogP contribution in [0.2, 0.25) is 5.02 Å². The van der Waals surface area contributed by atoms with Gasteiger partial charge in [0, 0.05) is 5.56 Å². The van der Waals surface area contributed by atoms with Gasteiger partial charge in [-0.3, -0.25) is 0 Å². The molecule has 1 aromatic rings. The first kappa shape index (κ1) is 8.78. The van der Waals surface area contributed by atoms with Crippen molar-refractivity contribution >= 4 is 11.6 Å². The molecule has 0 aliphatic heterocycles. The average molecular weight is 203 g/mol. The van der Waals surface area contributed by atoms with E-state index in [2.05, 4.69) is 0 Å². The number of phenolic OH excluding ortho intramolecular Hbond substituents is 1. The summed E-state index contributed by atoms with van der Waals surface area (Å²) in [4.78, 5) is 0. The molecule has 0 atom stereocenters. The Balaban J connectivity index is 2.54. The number of hydrogen-bond acceptors (Lipinski definition) is 2. The first-order valence-electron chi connectivity index (χ1n) is 3.94. The fourth-order valence-electron chi connectivity index (χ4n) is 1.29. The molecule has 2 nitrogen and oxygen atoms in total. The normalized spacial score (nSPS) is 18.7. The number of benzene rings is 1. The van der Waals surface area contributed by atoms with Gasteiger partial charge in [-0.05, 0) is 25.0 Å². The molecular formula is C9H8ClFO2. The number of halogens is 2. The van der Waals surface area contributed by atoms with Crippen LogP contribution in [0.1, 0.15) is 18.4 Å². The SMILES string of the molecule is Oc1ccc(C2(O)CC2)c(F)c1Cl. The molecule has 1 aliphatic carbocycles. The highest BCUT2D eigenvalue weighted by Gasteiger charge is 2.44. The van der Waals surface area contributed by atoms with Crippen molar-refractivity contribution in [2.75, 3.05) is 0 Å². The summed E-state index contributed by atoms with van der Waals surface area (Å²) < 4.78 is 13.3. The monoisotopic (exact) mass is 202 g/mol. The van der Waals surface area contributed by atoms with Crippen molar-refractivity contribution in [2.45, 2.75) is 18.4 Å². The van der Waals surface area contributed by atoms with Crippen molar-refractivity contribution < 1.29 is 14.6 Å². The van der Waals surface area contributed by atoms with Crippen LogP contribution in [-0.4, -0.2) is 10.2 Å². The van der Waals surface area contributed by atoms with Gasteiger partial charge < -0.3 is 10.2 Å². The van der Waals surface area contributed by atoms with Crippen LogP contribution in [0.5, 0.6) is 5.75 Å². The Morgan fingerprint density at radius 3 is 2.54 bits per heavy atom. The van der Waals surface area contributed by atoms with Crippen LogP contribution < -0.4 is 0 Å². The molecule has 70 valence electrons. The van der Waals surface area contributed by atoms with Gasteiger partial charge in [-0.15, -0.1) is 0 Å². The van der Waals surface area contributed by atoms with E-state index in [9.17, 15) is 9.50 Å². The second-order valence-corrected chi connectivity index (χ2v) is 3.67. The molecule has 2 rings (SSSR count). The molecule has 0 aromatic heterocycles. The first-order chi connectivity index (χ1) is 6.04. The summed E-state index contributed by atoms with van der Waals surface area (Å²) in [6.45, 7) is 0. The lowest BCUT2D eigenvalue weighted by Crippen LogP contribution is -2.07. The minimum Gasteiger partial charge on any atom is -0.506 e. The lowest BCUT2D eigenvalue weighted by Gasteiger charge is -2.10. The molecule has 1 aromatic carbocycles. The zero-order chi connectivity index (χ0) is 9.64. The zero-order valence-electron chi connectivity index (χ0n) is 6.72. The summed E-state index contributed by atoms with van der Waals surface area (Å²) in [5.41, 5.74) is -0.878. The summed E-state index contributed by atoms with van der Waals surface area (Å²) in [6.07, 6.45) is 1.09. The summed E-state index contributed by atoms with van der Waals surface area (Å²) in [5.74, 6) is -1.02. The Labute approximate surface area is 79.6 Å². The van der Waals surface area contributed by atoms with Crippen LogP contribution in [-0.2, 0) is 5.60 Å². The Bertz CT molecular complexity index is 361. The van der Waals surface area contributed by atoms with Gasteiger partial charge in [0.2, 0.25) is 0 Å². The van der Waals surface area contributed by atoms with E-state index in [0.29, 0.717) is 12.8 Å². The molecule has 1 saturated carbocycles. The minimum absolute atomic E-state index is 0.176. The number of phenols is 1. The van der Waals surface area contributed by atoms with Gasteiger partial charge in [0.25, 0.3) is 0 Å². The van der Waals surface area contributed by atoms with E-state index in [1.807, 2.05) is 0 Å². The quantitative estimate of drug-likeness (QED) is 0.733. The number of hydrogen-bond donors (Lipinski definition) is 2. The number of aromatic hydroxyl groups is 1. The third kappa shape index (κ3) is 1.28. The van der Waals surface area contributed by atoms with Crippen LogP contribution >= 0.6 is 11.6 Å². The van der Waals surface area contributed by atoms with Gasteiger partial charge in [0.05, 0.1) is 5.60 Å². The van der Waals surface area contributed by atoms with Crippen molar-refractivity contribution in [3.05, 3.63) is 28.5 Å². The van der Waals surface area contributed by atoms with Crippen molar-refractivity contribution in [3.8, 4) is 5.75 Å². The Morgan fingerprint density at radius 1 is 1.38 bits per heavy atom. The topological polar surface area (TPSA) is 40.5 Å². The third-order valence-electron chi connectivity index (χ3n) is 2.29. The molecule has 0 heterocycles. The van der Waals surface area contributed by atoms with E-state index < -0.39 is 11.4 Å². The first-order valence-corrected chi connectivity index (χ1v) is 4.32. The Kier molecular flexibility index (Phi) is 1.75. The van der Waals surface area contributed by atoms with Crippen molar-refractivity contribution in [1.82, 2.24) is 0 Å². The van der Waals surface area contributed by atoms with E-state index in [1.54, 1.807) is 0 Å². The van der Waals surface area contributed by atoms with Crippen LogP contribution in [0.25, 0.3) is 0 Å². The lowest BCUT2D eigenvalue weighted by atomic mass is 10.1. The summed E-state index contributed by atoms with van der Waals surface area (Å²) in [6, 6.07) is 2.65. The fraction of sp³-hybridized carbons (Fsp3) is 0.333. The van der Waals surface area contributed by atoms with E-state index in [0.717, 1.165) is 0 Å². The summed E-state index contributed by atoms with van der Waals surface area (Å²) in [7, 11) is 0. The van der Waals surface area contributed by atoms with Gasteiger partial charge in [0.15, 0.2) is 5.82 Å². The molecule has 0 saturated heterocycles. The largest absolute Gasteiger partial charge is 0.506 e. The summed E-state index contributed by atoms with van der Waals surface area (Å²) >= 11 is 5.48. The predicted octanol–water partition coefficient (Wildman–Crippen LogP) is 2.17. The summed E-state index contributed by atoms with van der Waals surface area (Å²) in [5, 5.41) is 18.4. The number of aliphatic hydroxyl groups is 1. The van der Waals surface area contributed by atoms with Crippen LogP contribution in [0, 0.1) is 5.82 Å². The maximum atomic E-state index is 13.3. The standard InChI is InChI=1S/C9H8ClFO2/c10-7-6(12)2-1-5(8(7)11)9(13)3-4-9/h1-2,12-13H,3-4H2. The van der Waals surface area contributed by atoms with Gasteiger partial charge in [-0.1, -0.05) is 11.6 Å². The van der Waals surface area contributed by atoms with Gasteiger partial charge >= 0.3 is 0 Å². The zero-order valence-corrected chi connectivity index (χ0v) is 7.48. The van der Waals surface area contributed by atoms with Gasteiger partial charge in [-0.2, -0.15) is 0 Å². The second kappa shape index (κ2) is 2.59. The third-order valence-corrected chi connectivity index (χ3v) is 2.65. The van der Waals surface area contributed by atoms with Gasteiger partial charge in [-0.25, -0.2) is 4.39 Å². The van der Waals surface area contributed by atoms with Gasteiger partial charge in [0.1, 0.15) is 10.8 Å². The molecule has 0 unspecified atom stereocenters. The molecule has 1 fully saturated rings. The lowest BCUT2D eigenvalue weighted by molar-refractivity contribution is 0.146. The van der Waals surface area contributed by atoms with Crippen LogP contribution in [0.15, 0.2) is 12.1 Å². The maximum Gasteiger partial charge on any atom is 0.151 e. The van der Waals surface area contributed by atoms with E-state index in [-0.39, 0.29) is 16.3 Å². The number of rotatable bonds is 1. The molecule has 0 bridgehead atoms. The highest BCUT2D eigenvalue weighted by Crippen LogP contribution is 2.48. The molecule has 4 heteroatoms. The molecule has 1 aliphatic rings. The fourth-order valence-corrected chi connectivity index (χ4v) is 1.45. The predicted molar refractivity (Wildman–Crippen MR) is 46.2 cm³/mol. The van der Waals surface area contributed by atoms with Crippen molar-refractivity contribution in [1.29, 1.82) is 0 Å². The molecule has 2 N–H and O–H groups in total. The minimum atomic E-state index is -1.05. The highest BCUT2D eigenvalue weighted by molar-refractivity contribution is 6.32. The second-order valence-electron chi connectivity index (χ2n) is 3.29. The van der Waals surface area contributed by atoms with E-state index in [1.165, 1.54) is 12.1 Å². The Hall–Kier alpha value is -0.800. The maximum absolute atomic E-state index is 13.3. The molecule has 0 spiro atoms. The van der Waals surface area contributed by atoms with E-state index in [4.69, 9.17) is 16.7 Å². The highest BCUT2D eigenvalue weighted by atomic mass is 35.5. The molecular weight excluding hydrogens is 195 g/mol. The molecule has 0 amide bonds. The molecule has 0 radical (unpaired) electrons. The Morgan fingerprint density at radius 2 is 2.00 bits per heavy atom. The van der Waals surface area contributed by atoms with Crippen LogP contribution in [0.4, 0.5) is 4.39 Å². The van der Waals surface area contributed by atoms with Crippen molar-refractivity contribution in [3.63, 3.8) is 0 Å². The van der Waals surface area contributed by atoms with Crippen molar-refractivity contribution in [2.24, 2.45) is 0 Å². The van der Waals surface area contributed by atoms with E-state index >= 15 is 0 Å². The molecule has 13 heavy (non-hydrogen) atoms. The van der Waals surface area contributed by atoms with Crippen LogP contribution in [0.3, 0.4) is 0 Å².